The average Bonchev–Trinajstić information content (AvgIpc) is 2.93. The zero-order valence-electron chi connectivity index (χ0n) is 22.9. The number of amides is 2. The van der Waals surface area contributed by atoms with Gasteiger partial charge in [0.2, 0.25) is 11.8 Å². The summed E-state index contributed by atoms with van der Waals surface area (Å²) in [6.07, 6.45) is 0.298. The van der Waals surface area contributed by atoms with Crippen LogP contribution in [-0.4, -0.2) is 51.4 Å². The largest absolute Gasteiger partial charge is 0.497 e. The molecule has 0 aliphatic rings. The molecule has 0 saturated heterocycles. The third-order valence-corrected chi connectivity index (χ3v) is 8.70. The minimum absolute atomic E-state index is 0.0248. The van der Waals surface area contributed by atoms with Gasteiger partial charge in [-0.15, -0.1) is 0 Å². The number of nitrogens with one attached hydrogen (secondary N) is 1. The molecule has 3 aromatic rings. The molecule has 0 aliphatic carbocycles. The summed E-state index contributed by atoms with van der Waals surface area (Å²) < 4.78 is 34.2. The van der Waals surface area contributed by atoms with Crippen LogP contribution in [0.4, 0.5) is 5.69 Å². The van der Waals surface area contributed by atoms with Crippen LogP contribution in [0.2, 0.25) is 10.0 Å². The van der Waals surface area contributed by atoms with Crippen molar-refractivity contribution in [2.24, 2.45) is 0 Å². The molecule has 2 amide bonds. The maximum absolute atomic E-state index is 14.0. The van der Waals surface area contributed by atoms with Crippen molar-refractivity contribution in [1.29, 1.82) is 0 Å². The van der Waals surface area contributed by atoms with Crippen molar-refractivity contribution in [2.75, 3.05) is 24.5 Å². The Morgan fingerprint density at radius 3 is 2.30 bits per heavy atom. The Morgan fingerprint density at radius 2 is 1.70 bits per heavy atom. The number of halogens is 2. The van der Waals surface area contributed by atoms with E-state index in [1.54, 1.807) is 68.4 Å². The molecule has 0 aliphatic heterocycles. The number of hydrogen-bond donors (Lipinski definition) is 1. The minimum Gasteiger partial charge on any atom is -0.497 e. The number of benzene rings is 3. The van der Waals surface area contributed by atoms with Gasteiger partial charge in [-0.3, -0.25) is 13.9 Å². The van der Waals surface area contributed by atoms with Gasteiger partial charge in [0.05, 0.1) is 17.7 Å². The van der Waals surface area contributed by atoms with E-state index in [0.29, 0.717) is 34.3 Å². The van der Waals surface area contributed by atoms with Crippen molar-refractivity contribution in [1.82, 2.24) is 10.2 Å². The molecule has 8 nitrogen and oxygen atoms in total. The molecule has 3 aromatic carbocycles. The normalized spacial score (nSPS) is 11.9. The number of nitrogens with zero attached hydrogens (tertiary/aromatic N) is 2. The summed E-state index contributed by atoms with van der Waals surface area (Å²) in [7, 11) is -2.72. The molecule has 0 unspecified atom stereocenters. The van der Waals surface area contributed by atoms with E-state index >= 15 is 0 Å². The molecule has 40 heavy (non-hydrogen) atoms. The van der Waals surface area contributed by atoms with Crippen LogP contribution >= 0.6 is 23.2 Å². The van der Waals surface area contributed by atoms with Crippen LogP contribution in [0.3, 0.4) is 0 Å². The first-order valence-electron chi connectivity index (χ1n) is 12.8. The number of methoxy groups -OCH3 is 1. The minimum atomic E-state index is -4.19. The van der Waals surface area contributed by atoms with E-state index < -0.39 is 28.5 Å². The molecular formula is C29H33Cl2N3O5S. The van der Waals surface area contributed by atoms with Gasteiger partial charge in [-0.05, 0) is 62.2 Å². The molecule has 0 saturated carbocycles. The predicted molar refractivity (Wildman–Crippen MR) is 158 cm³/mol. The second kappa shape index (κ2) is 13.9. The van der Waals surface area contributed by atoms with Crippen LogP contribution in [0, 0.1) is 6.92 Å². The smallest absolute Gasteiger partial charge is 0.264 e. The Labute approximate surface area is 245 Å². The van der Waals surface area contributed by atoms with E-state index in [2.05, 4.69) is 5.32 Å². The van der Waals surface area contributed by atoms with Gasteiger partial charge in [-0.1, -0.05) is 60.0 Å². The molecule has 1 N–H and O–H groups in total. The van der Waals surface area contributed by atoms with Crippen LogP contribution in [0.25, 0.3) is 0 Å². The van der Waals surface area contributed by atoms with Crippen molar-refractivity contribution >= 4 is 50.7 Å². The number of carbonyl (C=O) groups is 2. The summed E-state index contributed by atoms with van der Waals surface area (Å²) in [5, 5.41) is 3.52. The molecule has 0 bridgehead atoms. The molecule has 0 aromatic heterocycles. The lowest BCUT2D eigenvalue weighted by Crippen LogP contribution is -2.52. The number of aryl methyl sites for hydroxylation is 1. The monoisotopic (exact) mass is 605 g/mol. The summed E-state index contributed by atoms with van der Waals surface area (Å²) in [5.74, 6) is -0.506. The predicted octanol–water partition coefficient (Wildman–Crippen LogP) is 5.45. The number of hydrogen-bond acceptors (Lipinski definition) is 5. The van der Waals surface area contributed by atoms with E-state index in [-0.39, 0.29) is 23.0 Å². The quantitative estimate of drug-likeness (QED) is 0.296. The molecule has 0 fully saturated rings. The highest BCUT2D eigenvalue weighted by molar-refractivity contribution is 7.92. The first-order chi connectivity index (χ1) is 19.0. The van der Waals surface area contributed by atoms with Gasteiger partial charge in [0.25, 0.3) is 10.0 Å². The van der Waals surface area contributed by atoms with E-state index in [1.165, 1.54) is 24.1 Å². The van der Waals surface area contributed by atoms with Crippen molar-refractivity contribution in [2.45, 2.75) is 44.7 Å². The van der Waals surface area contributed by atoms with Crippen molar-refractivity contribution in [3.05, 3.63) is 87.9 Å². The standard InChI is InChI=1S/C29H33Cl2N3O5S/c1-5-27(29(36)32-6-2)33(18-21-12-13-22(30)16-26(21)31)28(35)19-34(23-8-7-9-24(17-23)39-4)40(37,38)25-14-10-20(3)11-15-25/h7-17,27H,5-6,18-19H2,1-4H3,(H,32,36)/t27-/m0/s1. The van der Waals surface area contributed by atoms with Crippen molar-refractivity contribution in [3.8, 4) is 5.75 Å². The number of sulfonamides is 1. The van der Waals surface area contributed by atoms with Gasteiger partial charge in [-0.2, -0.15) is 0 Å². The summed E-state index contributed by atoms with van der Waals surface area (Å²) in [6, 6.07) is 16.8. The molecule has 214 valence electrons. The molecule has 11 heteroatoms. The number of anilines is 1. The number of ether oxygens (including phenoxy) is 1. The van der Waals surface area contributed by atoms with E-state index in [0.717, 1.165) is 9.87 Å². The first kappa shape index (κ1) is 31.3. The fraction of sp³-hybridized carbons (Fsp3) is 0.310. The highest BCUT2D eigenvalue weighted by Gasteiger charge is 2.34. The fourth-order valence-corrected chi connectivity index (χ4v) is 6.05. The number of rotatable bonds is 12. The van der Waals surface area contributed by atoms with Gasteiger partial charge in [0, 0.05) is 29.2 Å². The molecular weight excluding hydrogens is 573 g/mol. The van der Waals surface area contributed by atoms with Crippen molar-refractivity contribution in [3.63, 3.8) is 0 Å². The summed E-state index contributed by atoms with van der Waals surface area (Å²) >= 11 is 12.5. The van der Waals surface area contributed by atoms with Crippen LogP contribution in [-0.2, 0) is 26.2 Å². The lowest BCUT2D eigenvalue weighted by molar-refractivity contribution is -0.140. The van der Waals surface area contributed by atoms with Crippen LogP contribution < -0.4 is 14.4 Å². The molecule has 3 rings (SSSR count). The Morgan fingerprint density at radius 1 is 1.00 bits per heavy atom. The Hall–Kier alpha value is -3.27. The van der Waals surface area contributed by atoms with E-state index in [1.807, 2.05) is 6.92 Å². The van der Waals surface area contributed by atoms with Gasteiger partial charge in [0.15, 0.2) is 0 Å². The molecule has 0 radical (unpaired) electrons. The van der Waals surface area contributed by atoms with Crippen LogP contribution in [0.1, 0.15) is 31.4 Å². The third kappa shape index (κ3) is 7.47. The number of likely N-dealkylation sites (N-methyl/N-ethyl adjacent to an activating group) is 1. The fourth-order valence-electron chi connectivity index (χ4n) is 4.18. The zero-order chi connectivity index (χ0) is 29.4. The highest BCUT2D eigenvalue weighted by Crippen LogP contribution is 2.29. The Kier molecular flexibility index (Phi) is 10.8. The lowest BCUT2D eigenvalue weighted by atomic mass is 10.1. The van der Waals surface area contributed by atoms with Gasteiger partial charge in [-0.25, -0.2) is 8.42 Å². The first-order valence-corrected chi connectivity index (χ1v) is 15.0. The van der Waals surface area contributed by atoms with Crippen LogP contribution in [0.5, 0.6) is 5.75 Å². The Bertz CT molecular complexity index is 1450. The molecule has 0 spiro atoms. The van der Waals surface area contributed by atoms with E-state index in [9.17, 15) is 18.0 Å². The van der Waals surface area contributed by atoms with Gasteiger partial charge in [0.1, 0.15) is 18.3 Å². The molecule has 0 heterocycles. The molecule has 1 atom stereocenters. The Balaban J connectivity index is 2.10. The second-order valence-corrected chi connectivity index (χ2v) is 11.8. The maximum atomic E-state index is 14.0. The van der Waals surface area contributed by atoms with Gasteiger partial charge >= 0.3 is 0 Å². The highest BCUT2D eigenvalue weighted by atomic mass is 35.5. The van der Waals surface area contributed by atoms with Crippen molar-refractivity contribution < 1.29 is 22.7 Å². The van der Waals surface area contributed by atoms with Crippen LogP contribution in [0.15, 0.2) is 71.6 Å². The topological polar surface area (TPSA) is 96.0 Å². The second-order valence-electron chi connectivity index (χ2n) is 9.10. The third-order valence-electron chi connectivity index (χ3n) is 6.32. The SMILES string of the molecule is CCNC(=O)[C@H](CC)N(Cc1ccc(Cl)cc1Cl)C(=O)CN(c1cccc(OC)c1)S(=O)(=O)c1ccc(C)cc1. The lowest BCUT2D eigenvalue weighted by Gasteiger charge is -2.33. The summed E-state index contributed by atoms with van der Waals surface area (Å²) in [6.45, 7) is 5.20. The maximum Gasteiger partial charge on any atom is 0.264 e. The summed E-state index contributed by atoms with van der Waals surface area (Å²) in [4.78, 5) is 28.5. The van der Waals surface area contributed by atoms with Gasteiger partial charge < -0.3 is 15.0 Å². The number of carbonyl (C=O) groups excluding carboxylic acids is 2. The average molecular weight is 607 g/mol. The summed E-state index contributed by atoms with van der Waals surface area (Å²) in [5.41, 5.74) is 1.70. The zero-order valence-corrected chi connectivity index (χ0v) is 25.2. The van der Waals surface area contributed by atoms with E-state index in [4.69, 9.17) is 27.9 Å².